The number of benzene rings is 1. The summed E-state index contributed by atoms with van der Waals surface area (Å²) in [7, 11) is -1.30. The number of hydrogen-bond acceptors (Lipinski definition) is 7. The van der Waals surface area contributed by atoms with Crippen LogP contribution in [0.15, 0.2) is 6.07 Å². The predicted octanol–water partition coefficient (Wildman–Crippen LogP) is 1.47. The minimum Gasteiger partial charge on any atom is -0.534 e. The molecule has 0 saturated carbocycles. The molecule has 2 rings (SSSR count). The number of carbonyl (C=O) groups is 3. The lowest BCUT2D eigenvalue weighted by Gasteiger charge is -2.30. The van der Waals surface area contributed by atoms with Gasteiger partial charge in [-0.25, -0.2) is 4.79 Å². The number of carbonyl (C=O) groups excluding carboxylic acids is 3. The fourth-order valence-electron chi connectivity index (χ4n) is 2.83. The maximum absolute atomic E-state index is 12.5. The van der Waals surface area contributed by atoms with E-state index in [1.54, 1.807) is 26.8 Å². The van der Waals surface area contributed by atoms with Crippen LogP contribution in [0.2, 0.25) is 0 Å². The van der Waals surface area contributed by atoms with Crippen molar-refractivity contribution in [3.05, 3.63) is 28.3 Å². The van der Waals surface area contributed by atoms with Gasteiger partial charge in [-0.3, -0.25) is 9.59 Å². The van der Waals surface area contributed by atoms with E-state index in [1.807, 2.05) is 13.8 Å². The molecule has 0 fully saturated rings. The second-order valence-electron chi connectivity index (χ2n) is 7.92. The first-order chi connectivity index (χ1) is 12.9. The Kier molecular flexibility index (Phi) is 6.39. The maximum Gasteiger partial charge on any atom is 0.547 e. The van der Waals surface area contributed by atoms with E-state index in [9.17, 15) is 19.4 Å². The zero-order chi connectivity index (χ0) is 21.2. The third-order valence-corrected chi connectivity index (χ3v) is 4.53. The third-order valence-electron chi connectivity index (χ3n) is 4.53. The Bertz CT molecular complexity index is 800. The SMILES string of the molecule is CC(=O)N[C@H]1Cc2c(C)c(C)cc(C(=O)OCOC(=O)C(C)(C)C)c2OB1O. The Labute approximate surface area is 164 Å². The van der Waals surface area contributed by atoms with Gasteiger partial charge >= 0.3 is 19.1 Å². The average Bonchev–Trinajstić information content (AvgIpc) is 2.58. The molecule has 28 heavy (non-hydrogen) atoms. The monoisotopic (exact) mass is 391 g/mol. The highest BCUT2D eigenvalue weighted by Gasteiger charge is 2.38. The molecular weight excluding hydrogens is 365 g/mol. The van der Waals surface area contributed by atoms with Gasteiger partial charge in [0.05, 0.1) is 11.4 Å². The number of hydrogen-bond donors (Lipinski definition) is 2. The second-order valence-corrected chi connectivity index (χ2v) is 7.92. The molecule has 1 atom stereocenters. The van der Waals surface area contributed by atoms with Crippen molar-refractivity contribution < 1.29 is 33.5 Å². The third kappa shape index (κ3) is 4.84. The summed E-state index contributed by atoms with van der Waals surface area (Å²) in [6, 6.07) is 1.60. The molecule has 1 aromatic rings. The van der Waals surface area contributed by atoms with Gasteiger partial charge in [0.15, 0.2) is 0 Å². The Morgan fingerprint density at radius 3 is 2.50 bits per heavy atom. The molecule has 0 aromatic heterocycles. The molecule has 0 radical (unpaired) electrons. The van der Waals surface area contributed by atoms with Crippen LogP contribution in [0.4, 0.5) is 0 Å². The van der Waals surface area contributed by atoms with Gasteiger partial charge in [-0.05, 0) is 63.8 Å². The maximum atomic E-state index is 12.5. The van der Waals surface area contributed by atoms with Crippen molar-refractivity contribution in [2.24, 2.45) is 5.41 Å². The van der Waals surface area contributed by atoms with Gasteiger partial charge in [0, 0.05) is 6.92 Å². The van der Waals surface area contributed by atoms with E-state index in [-0.39, 0.29) is 17.2 Å². The Balaban J connectivity index is 2.22. The Hall–Kier alpha value is -2.55. The van der Waals surface area contributed by atoms with E-state index in [2.05, 4.69) is 5.32 Å². The summed E-state index contributed by atoms with van der Waals surface area (Å²) in [6.45, 7) is 9.62. The lowest BCUT2D eigenvalue weighted by atomic mass is 9.71. The van der Waals surface area contributed by atoms with Crippen LogP contribution in [0.1, 0.15) is 54.7 Å². The summed E-state index contributed by atoms with van der Waals surface area (Å²) < 4.78 is 15.6. The molecule has 1 aromatic carbocycles. The van der Waals surface area contributed by atoms with E-state index >= 15 is 0 Å². The zero-order valence-electron chi connectivity index (χ0n) is 17.0. The van der Waals surface area contributed by atoms with E-state index in [0.29, 0.717) is 12.0 Å². The lowest BCUT2D eigenvalue weighted by molar-refractivity contribution is -0.161. The summed E-state index contributed by atoms with van der Waals surface area (Å²) in [5, 5.41) is 12.9. The summed E-state index contributed by atoms with van der Waals surface area (Å²) in [5.41, 5.74) is 1.86. The van der Waals surface area contributed by atoms with E-state index < -0.39 is 37.2 Å². The molecular formula is C19H26BNO7. The highest BCUT2D eigenvalue weighted by atomic mass is 16.7. The molecule has 0 aliphatic carbocycles. The van der Waals surface area contributed by atoms with E-state index in [1.165, 1.54) is 6.92 Å². The van der Waals surface area contributed by atoms with Crippen LogP contribution in [0.3, 0.4) is 0 Å². The summed E-state index contributed by atoms with van der Waals surface area (Å²) in [5.74, 6) is -1.92. The molecule has 0 saturated heterocycles. The topological polar surface area (TPSA) is 111 Å². The van der Waals surface area contributed by atoms with Gasteiger partial charge < -0.3 is 24.5 Å². The molecule has 8 nitrogen and oxygen atoms in total. The average molecular weight is 391 g/mol. The number of amides is 1. The highest BCUT2D eigenvalue weighted by Crippen LogP contribution is 2.35. The van der Waals surface area contributed by atoms with Crippen molar-refractivity contribution in [1.82, 2.24) is 5.32 Å². The Morgan fingerprint density at radius 2 is 1.93 bits per heavy atom. The first-order valence-corrected chi connectivity index (χ1v) is 9.01. The van der Waals surface area contributed by atoms with Gasteiger partial charge in [-0.15, -0.1) is 0 Å². The van der Waals surface area contributed by atoms with Gasteiger partial charge in [0.1, 0.15) is 11.3 Å². The van der Waals surface area contributed by atoms with E-state index in [0.717, 1.165) is 11.1 Å². The molecule has 1 aliphatic rings. The first kappa shape index (κ1) is 21.8. The zero-order valence-corrected chi connectivity index (χ0v) is 17.0. The number of ether oxygens (including phenoxy) is 2. The van der Waals surface area contributed by atoms with Crippen molar-refractivity contribution >= 4 is 25.0 Å². The summed E-state index contributed by atoms with van der Waals surface area (Å²) in [4.78, 5) is 35.7. The van der Waals surface area contributed by atoms with Crippen LogP contribution in [0.25, 0.3) is 0 Å². The van der Waals surface area contributed by atoms with Crippen LogP contribution in [-0.4, -0.2) is 42.7 Å². The standard InChI is InChI=1S/C19H26BNO7/c1-10-7-14(17(23)26-9-27-18(24)19(4,5)6)16-13(11(10)2)8-15(20(25)28-16)21-12(3)22/h7,15,25H,8-9H2,1-6H3,(H,21,22)/t15-/m0/s1. The second kappa shape index (κ2) is 8.22. The van der Waals surface area contributed by atoms with Crippen LogP contribution < -0.4 is 9.97 Å². The van der Waals surface area contributed by atoms with Crippen LogP contribution in [0.5, 0.6) is 5.75 Å². The lowest BCUT2D eigenvalue weighted by Crippen LogP contribution is -2.53. The summed E-state index contributed by atoms with van der Waals surface area (Å²) in [6.07, 6.45) is 0.308. The predicted molar refractivity (Wildman–Crippen MR) is 102 cm³/mol. The molecule has 1 heterocycles. The molecule has 152 valence electrons. The summed E-state index contributed by atoms with van der Waals surface area (Å²) >= 11 is 0. The Morgan fingerprint density at radius 1 is 1.29 bits per heavy atom. The van der Waals surface area contributed by atoms with Crippen molar-refractivity contribution in [2.75, 3.05) is 6.79 Å². The minimum absolute atomic E-state index is 0.130. The smallest absolute Gasteiger partial charge is 0.534 e. The van der Waals surface area contributed by atoms with Crippen LogP contribution >= 0.6 is 0 Å². The number of rotatable bonds is 4. The molecule has 1 amide bonds. The normalized spacial score (nSPS) is 16.0. The largest absolute Gasteiger partial charge is 0.547 e. The van der Waals surface area contributed by atoms with Gasteiger partial charge in [-0.2, -0.15) is 0 Å². The molecule has 0 bridgehead atoms. The number of esters is 2. The van der Waals surface area contributed by atoms with Gasteiger partial charge in [-0.1, -0.05) is 0 Å². The van der Waals surface area contributed by atoms with E-state index in [4.69, 9.17) is 14.1 Å². The van der Waals surface area contributed by atoms with Crippen molar-refractivity contribution in [3.8, 4) is 5.75 Å². The number of fused-ring (bicyclic) bond motifs is 1. The van der Waals surface area contributed by atoms with Crippen molar-refractivity contribution in [3.63, 3.8) is 0 Å². The van der Waals surface area contributed by atoms with Gasteiger partial charge in [0.2, 0.25) is 12.7 Å². The highest BCUT2D eigenvalue weighted by molar-refractivity contribution is 6.47. The van der Waals surface area contributed by atoms with Gasteiger partial charge in [0.25, 0.3) is 0 Å². The molecule has 0 spiro atoms. The number of aryl methyl sites for hydroxylation is 1. The quantitative estimate of drug-likeness (QED) is 0.454. The van der Waals surface area contributed by atoms with Crippen molar-refractivity contribution in [2.45, 2.75) is 53.9 Å². The first-order valence-electron chi connectivity index (χ1n) is 9.01. The fraction of sp³-hybridized carbons (Fsp3) is 0.526. The minimum atomic E-state index is -1.30. The van der Waals surface area contributed by atoms with Crippen LogP contribution in [-0.2, 0) is 25.5 Å². The number of nitrogens with one attached hydrogen (secondary N) is 1. The van der Waals surface area contributed by atoms with Crippen molar-refractivity contribution in [1.29, 1.82) is 0 Å². The molecule has 9 heteroatoms. The molecule has 0 unspecified atom stereocenters. The van der Waals surface area contributed by atoms with Crippen LogP contribution in [0, 0.1) is 19.3 Å². The fourth-order valence-corrected chi connectivity index (χ4v) is 2.83. The molecule has 2 N–H and O–H groups in total. The molecule has 1 aliphatic heterocycles.